The molecule has 120 valence electrons. The SMILES string of the molecule is Cc1ccncc1-c1cccc2c([AsH2])c(C(=O)NC3CC3)nnc12. The van der Waals surface area contributed by atoms with E-state index in [-0.39, 0.29) is 5.91 Å². The van der Waals surface area contributed by atoms with Crippen LogP contribution in [0.3, 0.4) is 0 Å². The van der Waals surface area contributed by atoms with Crippen LogP contribution >= 0.6 is 0 Å². The number of rotatable bonds is 3. The Bertz CT molecular complexity index is 953. The van der Waals surface area contributed by atoms with Gasteiger partial charge in [-0.2, -0.15) is 0 Å². The van der Waals surface area contributed by atoms with Crippen LogP contribution in [-0.4, -0.2) is 44.0 Å². The minimum atomic E-state index is -0.116. The molecule has 2 heterocycles. The normalized spacial score (nSPS) is 13.9. The first-order valence-electron chi connectivity index (χ1n) is 7.92. The summed E-state index contributed by atoms with van der Waals surface area (Å²) in [6.07, 6.45) is 5.74. The van der Waals surface area contributed by atoms with Gasteiger partial charge in [0.25, 0.3) is 0 Å². The van der Waals surface area contributed by atoms with E-state index in [1.54, 1.807) is 6.20 Å². The van der Waals surface area contributed by atoms with Crippen molar-refractivity contribution in [2.75, 3.05) is 0 Å². The molecule has 1 unspecified atom stereocenters. The molecule has 1 aliphatic carbocycles. The van der Waals surface area contributed by atoms with Gasteiger partial charge < -0.3 is 0 Å². The van der Waals surface area contributed by atoms with Gasteiger partial charge in [0, 0.05) is 0 Å². The van der Waals surface area contributed by atoms with E-state index in [1.807, 2.05) is 30.5 Å². The Hall–Kier alpha value is -2.26. The number of carbonyl (C=O) groups excluding carboxylic acids is 1. The third-order valence-electron chi connectivity index (χ3n) is 4.29. The van der Waals surface area contributed by atoms with Crippen LogP contribution in [-0.2, 0) is 0 Å². The van der Waals surface area contributed by atoms with Crippen LogP contribution in [0.2, 0.25) is 0 Å². The van der Waals surface area contributed by atoms with E-state index >= 15 is 0 Å². The zero-order chi connectivity index (χ0) is 16.7. The molecule has 0 radical (unpaired) electrons. The van der Waals surface area contributed by atoms with Gasteiger partial charge >= 0.3 is 148 Å². The van der Waals surface area contributed by atoms with E-state index in [0.29, 0.717) is 11.7 Å². The van der Waals surface area contributed by atoms with Crippen LogP contribution in [0.1, 0.15) is 28.9 Å². The number of nitrogens with zero attached hydrogens (tertiary/aromatic N) is 3. The summed E-state index contributed by atoms with van der Waals surface area (Å²) in [6.45, 7) is 2.05. The Morgan fingerprint density at radius 2 is 2.04 bits per heavy atom. The molecule has 4 rings (SSSR count). The quantitative estimate of drug-likeness (QED) is 0.693. The molecule has 1 saturated carbocycles. The minimum absolute atomic E-state index is 0.116. The molecule has 3 aromatic rings. The summed E-state index contributed by atoms with van der Waals surface area (Å²) in [6, 6.07) is 8.32. The molecule has 0 bridgehead atoms. The maximum atomic E-state index is 12.4. The van der Waals surface area contributed by atoms with Gasteiger partial charge in [0.15, 0.2) is 0 Å². The van der Waals surface area contributed by atoms with Crippen molar-refractivity contribution in [2.45, 2.75) is 25.8 Å². The molecule has 1 aliphatic rings. The molecule has 1 aromatic carbocycles. The van der Waals surface area contributed by atoms with Gasteiger partial charge in [0.2, 0.25) is 0 Å². The fraction of sp³-hybridized carbons (Fsp3) is 0.222. The molecule has 5 nitrogen and oxygen atoms in total. The second-order valence-corrected chi connectivity index (χ2v) is 7.31. The molecule has 0 spiro atoms. The van der Waals surface area contributed by atoms with Crippen molar-refractivity contribution in [3.05, 3.63) is 47.9 Å². The van der Waals surface area contributed by atoms with Gasteiger partial charge in [0.1, 0.15) is 0 Å². The topological polar surface area (TPSA) is 67.8 Å². The number of nitrogens with one attached hydrogen (secondary N) is 1. The van der Waals surface area contributed by atoms with Gasteiger partial charge in [-0.05, 0) is 0 Å². The van der Waals surface area contributed by atoms with E-state index in [4.69, 9.17) is 0 Å². The van der Waals surface area contributed by atoms with Gasteiger partial charge in [0.05, 0.1) is 0 Å². The van der Waals surface area contributed by atoms with Gasteiger partial charge in [-0.3, -0.25) is 0 Å². The predicted molar refractivity (Wildman–Crippen MR) is 96.2 cm³/mol. The number of aromatic nitrogens is 3. The fourth-order valence-corrected chi connectivity index (χ4v) is 3.65. The first kappa shape index (κ1) is 15.3. The molecule has 1 N–H and O–H groups in total. The van der Waals surface area contributed by atoms with Crippen molar-refractivity contribution >= 4 is 38.0 Å². The standard InChI is InChI=1S/C18H17AsN4O/c1-10-7-8-20-9-14(10)12-3-2-4-13-15(19)17(23-22-16(12)13)18(24)21-11-5-6-11/h2-4,7-9,11H,5-6,19H2,1H3,(H,21,24). The van der Waals surface area contributed by atoms with Crippen molar-refractivity contribution in [3.63, 3.8) is 0 Å². The molecule has 0 aliphatic heterocycles. The van der Waals surface area contributed by atoms with E-state index in [0.717, 1.165) is 44.8 Å². The summed E-state index contributed by atoms with van der Waals surface area (Å²) < 4.78 is 0.925. The maximum absolute atomic E-state index is 12.4. The van der Waals surface area contributed by atoms with Crippen LogP contribution in [0.4, 0.5) is 0 Å². The van der Waals surface area contributed by atoms with E-state index in [9.17, 15) is 4.79 Å². The Morgan fingerprint density at radius 3 is 2.79 bits per heavy atom. The average molecular weight is 380 g/mol. The summed E-state index contributed by atoms with van der Waals surface area (Å²) >= 11 is 1.39. The molecular formula is C18H17AsN4O. The molecule has 0 saturated heterocycles. The third kappa shape index (κ3) is 2.69. The van der Waals surface area contributed by atoms with Crippen molar-refractivity contribution in [1.29, 1.82) is 0 Å². The van der Waals surface area contributed by atoms with Crippen LogP contribution in [0.25, 0.3) is 22.0 Å². The third-order valence-corrected chi connectivity index (χ3v) is 5.51. The Kier molecular flexibility index (Phi) is 3.81. The number of benzene rings is 1. The number of pyridine rings is 1. The summed E-state index contributed by atoms with van der Waals surface area (Å²) in [5, 5.41) is 12.6. The molecule has 24 heavy (non-hydrogen) atoms. The van der Waals surface area contributed by atoms with Gasteiger partial charge in [-0.25, -0.2) is 0 Å². The predicted octanol–water partition coefficient (Wildman–Crippen LogP) is 1.15. The molecule has 1 fully saturated rings. The van der Waals surface area contributed by atoms with Crippen molar-refractivity contribution in [3.8, 4) is 11.1 Å². The number of carbonyl (C=O) groups is 1. The Balaban J connectivity index is 1.85. The monoisotopic (exact) mass is 380 g/mol. The molecule has 1 amide bonds. The summed E-state index contributed by atoms with van der Waals surface area (Å²) in [7, 11) is 0. The Labute approximate surface area is 148 Å². The van der Waals surface area contributed by atoms with Crippen molar-refractivity contribution < 1.29 is 4.79 Å². The summed E-state index contributed by atoms with van der Waals surface area (Å²) in [5.74, 6) is -0.116. The number of hydrogen-bond donors (Lipinski definition) is 1. The van der Waals surface area contributed by atoms with Crippen LogP contribution in [0.15, 0.2) is 36.7 Å². The average Bonchev–Trinajstić information content (AvgIpc) is 3.39. The number of hydrogen-bond acceptors (Lipinski definition) is 4. The van der Waals surface area contributed by atoms with Crippen molar-refractivity contribution in [1.82, 2.24) is 20.5 Å². The van der Waals surface area contributed by atoms with Crippen molar-refractivity contribution in [2.24, 2.45) is 0 Å². The zero-order valence-electron chi connectivity index (χ0n) is 13.3. The number of amides is 1. The molecule has 1 atom stereocenters. The van der Waals surface area contributed by atoms with Gasteiger partial charge in [-0.15, -0.1) is 0 Å². The van der Waals surface area contributed by atoms with Crippen LogP contribution < -0.4 is 9.67 Å². The van der Waals surface area contributed by atoms with E-state index in [1.165, 1.54) is 16.9 Å². The first-order chi connectivity index (χ1) is 11.6. The first-order valence-corrected chi connectivity index (χ1v) is 9.13. The number of fused-ring (bicyclic) bond motifs is 1. The molecule has 6 heteroatoms. The Morgan fingerprint density at radius 1 is 1.21 bits per heavy atom. The fourth-order valence-electron chi connectivity index (χ4n) is 2.76. The van der Waals surface area contributed by atoms with Crippen LogP contribution in [0.5, 0.6) is 0 Å². The molecular weight excluding hydrogens is 363 g/mol. The summed E-state index contributed by atoms with van der Waals surface area (Å²) in [4.78, 5) is 16.6. The number of aryl methyl sites for hydroxylation is 1. The van der Waals surface area contributed by atoms with Crippen LogP contribution in [0, 0.1) is 6.92 Å². The zero-order valence-corrected chi connectivity index (χ0v) is 15.7. The second kappa shape index (κ2) is 5.99. The summed E-state index contributed by atoms with van der Waals surface area (Å²) in [5.41, 5.74) is 4.43. The van der Waals surface area contributed by atoms with Gasteiger partial charge in [-0.1, -0.05) is 0 Å². The van der Waals surface area contributed by atoms with E-state index in [2.05, 4.69) is 27.4 Å². The van der Waals surface area contributed by atoms with E-state index < -0.39 is 0 Å². The molecule has 2 aromatic heterocycles. The second-order valence-electron chi connectivity index (χ2n) is 6.10.